The van der Waals surface area contributed by atoms with Crippen LogP contribution in [0.1, 0.15) is 51.4 Å². The van der Waals surface area contributed by atoms with E-state index in [0.717, 1.165) is 41.6 Å². The maximum atomic E-state index is 9.47. The van der Waals surface area contributed by atoms with E-state index in [-0.39, 0.29) is 0 Å². The fourth-order valence-corrected chi connectivity index (χ4v) is 3.25. The van der Waals surface area contributed by atoms with Crippen molar-refractivity contribution >= 4 is 11.8 Å². The summed E-state index contributed by atoms with van der Waals surface area (Å²) in [5.74, 6) is 0.937. The van der Waals surface area contributed by atoms with Crippen LogP contribution in [0.5, 0.6) is 0 Å². The van der Waals surface area contributed by atoms with Crippen LogP contribution in [-0.4, -0.2) is 27.3 Å². The number of thioether (sulfide) groups is 1. The highest BCUT2D eigenvalue weighted by atomic mass is 32.2. The molecule has 5 heteroatoms. The molecule has 0 saturated carbocycles. The second kappa shape index (κ2) is 8.35. The molecule has 0 spiro atoms. The van der Waals surface area contributed by atoms with Crippen LogP contribution in [0.25, 0.3) is 0 Å². The molecule has 1 heterocycles. The highest BCUT2D eigenvalue weighted by Crippen LogP contribution is 2.22. The number of nitrogens with one attached hydrogen (secondary N) is 1. The average molecular weight is 306 g/mol. The van der Waals surface area contributed by atoms with Gasteiger partial charge in [-0.15, -0.1) is 0 Å². The first kappa shape index (κ1) is 17.9. The van der Waals surface area contributed by atoms with Crippen molar-refractivity contribution in [2.45, 2.75) is 70.6 Å². The molecule has 1 rings (SSSR count). The Morgan fingerprint density at radius 2 is 1.95 bits per heavy atom. The van der Waals surface area contributed by atoms with Gasteiger partial charge in [-0.3, -0.25) is 5.32 Å². The summed E-state index contributed by atoms with van der Waals surface area (Å²) in [6.07, 6.45) is 2.66. The predicted octanol–water partition coefficient (Wildman–Crippen LogP) is 3.64. The van der Waals surface area contributed by atoms with E-state index in [9.17, 15) is 5.26 Å². The van der Waals surface area contributed by atoms with Crippen LogP contribution in [0.3, 0.4) is 0 Å². The molecule has 0 amide bonds. The van der Waals surface area contributed by atoms with E-state index in [1.54, 1.807) is 11.8 Å². The van der Waals surface area contributed by atoms with Crippen LogP contribution in [0, 0.1) is 25.2 Å². The van der Waals surface area contributed by atoms with Gasteiger partial charge in [0.15, 0.2) is 5.16 Å². The van der Waals surface area contributed by atoms with E-state index < -0.39 is 5.54 Å². The first-order valence-electron chi connectivity index (χ1n) is 7.55. The third-order valence-corrected chi connectivity index (χ3v) is 4.26. The quantitative estimate of drug-likeness (QED) is 0.451. The van der Waals surface area contributed by atoms with Crippen molar-refractivity contribution in [2.24, 2.45) is 0 Å². The topological polar surface area (TPSA) is 61.6 Å². The molecule has 21 heavy (non-hydrogen) atoms. The smallest absolute Gasteiger partial charge is 0.187 e. The normalized spacial score (nSPS) is 14.0. The third kappa shape index (κ3) is 6.03. The van der Waals surface area contributed by atoms with Gasteiger partial charge < -0.3 is 0 Å². The van der Waals surface area contributed by atoms with Gasteiger partial charge in [0, 0.05) is 23.2 Å². The summed E-state index contributed by atoms with van der Waals surface area (Å²) in [5.41, 5.74) is 1.61. The summed E-state index contributed by atoms with van der Waals surface area (Å²) in [6, 6.07) is 4.76. The van der Waals surface area contributed by atoms with E-state index >= 15 is 0 Å². The molecule has 1 N–H and O–H groups in total. The Hall–Kier alpha value is -1.12. The predicted molar refractivity (Wildman–Crippen MR) is 88.4 cm³/mol. The molecule has 0 aromatic carbocycles. The molecule has 1 atom stereocenters. The Bertz CT molecular complexity index is 475. The van der Waals surface area contributed by atoms with Crippen molar-refractivity contribution in [2.75, 3.05) is 5.75 Å². The van der Waals surface area contributed by atoms with Gasteiger partial charge >= 0.3 is 0 Å². The Balaban J connectivity index is 2.50. The van der Waals surface area contributed by atoms with E-state index in [0.29, 0.717) is 6.04 Å². The van der Waals surface area contributed by atoms with Gasteiger partial charge in [-0.25, -0.2) is 9.97 Å². The summed E-state index contributed by atoms with van der Waals surface area (Å²) in [4.78, 5) is 8.86. The zero-order valence-corrected chi connectivity index (χ0v) is 14.5. The van der Waals surface area contributed by atoms with Crippen molar-refractivity contribution in [3.63, 3.8) is 0 Å². The molecule has 0 radical (unpaired) electrons. The summed E-state index contributed by atoms with van der Waals surface area (Å²) in [6.45, 7) is 10.2. The van der Waals surface area contributed by atoms with Crippen molar-refractivity contribution < 1.29 is 0 Å². The maximum Gasteiger partial charge on any atom is 0.187 e. The Morgan fingerprint density at radius 1 is 1.33 bits per heavy atom. The van der Waals surface area contributed by atoms with Crippen LogP contribution in [0.2, 0.25) is 0 Å². The monoisotopic (exact) mass is 306 g/mol. The van der Waals surface area contributed by atoms with Crippen LogP contribution in [0.4, 0.5) is 0 Å². The molecule has 1 aromatic rings. The minimum atomic E-state index is -0.405. The average Bonchev–Trinajstić information content (AvgIpc) is 2.41. The van der Waals surface area contributed by atoms with Crippen molar-refractivity contribution in [3.05, 3.63) is 17.5 Å². The van der Waals surface area contributed by atoms with Crippen LogP contribution >= 0.6 is 11.8 Å². The minimum absolute atomic E-state index is 0.319. The largest absolute Gasteiger partial charge is 0.297 e. The van der Waals surface area contributed by atoms with Crippen LogP contribution in [-0.2, 0) is 0 Å². The van der Waals surface area contributed by atoms with Gasteiger partial charge in [0.2, 0.25) is 0 Å². The summed E-state index contributed by atoms with van der Waals surface area (Å²) < 4.78 is 0. The molecular formula is C16H26N4S. The van der Waals surface area contributed by atoms with Crippen LogP contribution < -0.4 is 5.32 Å². The molecule has 0 aliphatic heterocycles. The van der Waals surface area contributed by atoms with Gasteiger partial charge in [0.25, 0.3) is 0 Å². The van der Waals surface area contributed by atoms with E-state index in [2.05, 4.69) is 42.1 Å². The molecule has 4 nitrogen and oxygen atoms in total. The highest BCUT2D eigenvalue weighted by molar-refractivity contribution is 7.99. The van der Waals surface area contributed by atoms with Gasteiger partial charge in [-0.05, 0) is 53.0 Å². The number of aromatic nitrogens is 2. The van der Waals surface area contributed by atoms with Crippen molar-refractivity contribution in [1.82, 2.24) is 15.3 Å². The molecule has 1 unspecified atom stereocenters. The lowest BCUT2D eigenvalue weighted by atomic mass is 9.91. The molecule has 0 bridgehead atoms. The summed E-state index contributed by atoms with van der Waals surface area (Å²) in [5, 5.41) is 13.7. The lowest BCUT2D eigenvalue weighted by Crippen LogP contribution is -2.47. The number of nitrogens with zero attached hydrogens (tertiary/aromatic N) is 3. The van der Waals surface area contributed by atoms with Crippen molar-refractivity contribution in [1.29, 1.82) is 5.26 Å². The van der Waals surface area contributed by atoms with Gasteiger partial charge in [0.1, 0.15) is 5.54 Å². The molecular weight excluding hydrogens is 280 g/mol. The summed E-state index contributed by atoms with van der Waals surface area (Å²) >= 11 is 1.67. The minimum Gasteiger partial charge on any atom is -0.297 e. The lowest BCUT2D eigenvalue weighted by molar-refractivity contribution is 0.341. The standard InChI is InChI=1S/C16H26N4S/c1-6-16(11-17,20-12(2)3)8-7-9-21-15-18-13(4)10-14(5)19-15/h10,12,20H,6-9H2,1-5H3. The molecule has 1 aromatic heterocycles. The summed E-state index contributed by atoms with van der Waals surface area (Å²) in [7, 11) is 0. The molecule has 0 aliphatic rings. The first-order valence-corrected chi connectivity index (χ1v) is 8.53. The van der Waals surface area contributed by atoms with Crippen molar-refractivity contribution in [3.8, 4) is 6.07 Å². The Morgan fingerprint density at radius 3 is 2.43 bits per heavy atom. The third-order valence-electron chi connectivity index (χ3n) is 3.32. The van der Waals surface area contributed by atoms with Gasteiger partial charge in [-0.1, -0.05) is 18.7 Å². The Kier molecular flexibility index (Phi) is 7.13. The lowest BCUT2D eigenvalue weighted by Gasteiger charge is -2.29. The fraction of sp³-hybridized carbons (Fsp3) is 0.688. The number of hydrogen-bond acceptors (Lipinski definition) is 5. The van der Waals surface area contributed by atoms with E-state index in [4.69, 9.17) is 0 Å². The SMILES string of the molecule is CCC(C#N)(CCCSc1nc(C)cc(C)n1)NC(C)C. The molecule has 0 aliphatic carbocycles. The van der Waals surface area contributed by atoms with Gasteiger partial charge in [-0.2, -0.15) is 5.26 Å². The van der Waals surface area contributed by atoms with E-state index in [1.165, 1.54) is 0 Å². The molecule has 0 saturated heterocycles. The van der Waals surface area contributed by atoms with E-state index in [1.807, 2.05) is 19.9 Å². The maximum absolute atomic E-state index is 9.47. The fourth-order valence-electron chi connectivity index (χ4n) is 2.37. The molecule has 0 fully saturated rings. The Labute approximate surface area is 132 Å². The number of aryl methyl sites for hydroxylation is 2. The highest BCUT2D eigenvalue weighted by Gasteiger charge is 2.27. The zero-order chi connectivity index (χ0) is 15.9. The number of nitriles is 1. The first-order chi connectivity index (χ1) is 9.90. The second-order valence-electron chi connectivity index (χ2n) is 5.73. The molecule has 116 valence electrons. The number of rotatable bonds is 8. The number of hydrogen-bond donors (Lipinski definition) is 1. The van der Waals surface area contributed by atoms with Crippen LogP contribution in [0.15, 0.2) is 11.2 Å². The second-order valence-corrected chi connectivity index (χ2v) is 6.79. The zero-order valence-electron chi connectivity index (χ0n) is 13.7. The van der Waals surface area contributed by atoms with Gasteiger partial charge in [0.05, 0.1) is 6.07 Å².